The van der Waals surface area contributed by atoms with Gasteiger partial charge in [-0.25, -0.2) is 9.50 Å². The number of hydrogen-bond donors (Lipinski definition) is 1. The highest BCUT2D eigenvalue weighted by atomic mass is 16.5. The molecular weight excluding hydrogens is 292 g/mol. The van der Waals surface area contributed by atoms with Crippen LogP contribution in [0.3, 0.4) is 0 Å². The molecule has 0 saturated heterocycles. The molecule has 0 amide bonds. The van der Waals surface area contributed by atoms with Gasteiger partial charge in [-0.05, 0) is 44.2 Å². The van der Waals surface area contributed by atoms with E-state index in [2.05, 4.69) is 15.4 Å². The summed E-state index contributed by atoms with van der Waals surface area (Å²) in [7, 11) is 1.65. The van der Waals surface area contributed by atoms with Gasteiger partial charge in [-0.15, -0.1) is 0 Å². The van der Waals surface area contributed by atoms with Crippen molar-refractivity contribution < 1.29 is 9.47 Å². The summed E-state index contributed by atoms with van der Waals surface area (Å²) in [5, 5.41) is 7.70. The van der Waals surface area contributed by atoms with Gasteiger partial charge in [-0.2, -0.15) is 5.10 Å². The van der Waals surface area contributed by atoms with E-state index in [1.165, 1.54) is 0 Å². The van der Waals surface area contributed by atoms with Crippen molar-refractivity contribution in [2.45, 2.75) is 20.0 Å². The molecule has 0 spiro atoms. The Bertz CT molecular complexity index is 783. The molecule has 0 aliphatic rings. The third-order valence-electron chi connectivity index (χ3n) is 3.47. The predicted octanol–water partition coefficient (Wildman–Crippen LogP) is 2.93. The molecule has 1 unspecified atom stereocenters. The number of nitrogens with zero attached hydrogens (tertiary/aromatic N) is 3. The van der Waals surface area contributed by atoms with Crippen molar-refractivity contribution in [3.8, 4) is 11.5 Å². The summed E-state index contributed by atoms with van der Waals surface area (Å²) < 4.78 is 12.8. The van der Waals surface area contributed by atoms with Crippen LogP contribution in [-0.2, 0) is 0 Å². The second kappa shape index (κ2) is 6.56. The van der Waals surface area contributed by atoms with Gasteiger partial charge >= 0.3 is 0 Å². The fraction of sp³-hybridized carbons (Fsp3) is 0.294. The van der Waals surface area contributed by atoms with Gasteiger partial charge in [0.1, 0.15) is 23.1 Å². The van der Waals surface area contributed by atoms with Crippen molar-refractivity contribution in [2.24, 2.45) is 0 Å². The van der Waals surface area contributed by atoms with E-state index in [0.717, 1.165) is 28.5 Å². The van der Waals surface area contributed by atoms with Crippen LogP contribution in [0.2, 0.25) is 0 Å². The molecular formula is C17H20N4O2. The van der Waals surface area contributed by atoms with Gasteiger partial charge in [0, 0.05) is 12.4 Å². The van der Waals surface area contributed by atoms with Crippen LogP contribution in [0.15, 0.2) is 42.7 Å². The van der Waals surface area contributed by atoms with Crippen LogP contribution in [-0.4, -0.2) is 34.4 Å². The van der Waals surface area contributed by atoms with Crippen LogP contribution in [0, 0.1) is 6.92 Å². The van der Waals surface area contributed by atoms with Gasteiger partial charge in [0.25, 0.3) is 0 Å². The van der Waals surface area contributed by atoms with Gasteiger partial charge in [0.2, 0.25) is 0 Å². The molecule has 6 nitrogen and oxygen atoms in total. The molecule has 1 N–H and O–H groups in total. The van der Waals surface area contributed by atoms with E-state index in [0.29, 0.717) is 6.54 Å². The van der Waals surface area contributed by atoms with Crippen LogP contribution in [0.4, 0.5) is 5.82 Å². The Balaban J connectivity index is 1.62. The first-order valence-electron chi connectivity index (χ1n) is 7.51. The first-order chi connectivity index (χ1) is 11.2. The number of rotatable bonds is 6. The van der Waals surface area contributed by atoms with Gasteiger partial charge in [0.05, 0.1) is 19.3 Å². The Hall–Kier alpha value is -2.76. The zero-order valence-corrected chi connectivity index (χ0v) is 13.5. The topological polar surface area (TPSA) is 60.7 Å². The fourth-order valence-electron chi connectivity index (χ4n) is 2.35. The Labute approximate surface area is 135 Å². The van der Waals surface area contributed by atoms with Gasteiger partial charge < -0.3 is 14.8 Å². The van der Waals surface area contributed by atoms with Crippen molar-refractivity contribution in [3.63, 3.8) is 0 Å². The summed E-state index contributed by atoms with van der Waals surface area (Å²) in [6.45, 7) is 4.62. The first kappa shape index (κ1) is 15.1. The minimum Gasteiger partial charge on any atom is -0.497 e. The number of benzene rings is 1. The van der Waals surface area contributed by atoms with E-state index in [1.807, 2.05) is 54.9 Å². The highest BCUT2D eigenvalue weighted by Gasteiger charge is 2.08. The Kier molecular flexibility index (Phi) is 4.32. The Morgan fingerprint density at radius 3 is 2.70 bits per heavy atom. The lowest BCUT2D eigenvalue weighted by atomic mass is 10.3. The first-order valence-corrected chi connectivity index (χ1v) is 7.51. The Morgan fingerprint density at radius 1 is 1.22 bits per heavy atom. The summed E-state index contributed by atoms with van der Waals surface area (Å²) in [5.74, 6) is 2.43. The number of ether oxygens (including phenoxy) is 2. The molecule has 2 aromatic heterocycles. The number of hydrogen-bond acceptors (Lipinski definition) is 5. The van der Waals surface area contributed by atoms with E-state index in [4.69, 9.17) is 9.47 Å². The van der Waals surface area contributed by atoms with Crippen LogP contribution >= 0.6 is 0 Å². The fourth-order valence-corrected chi connectivity index (χ4v) is 2.35. The molecule has 6 heteroatoms. The van der Waals surface area contributed by atoms with Crippen molar-refractivity contribution in [1.82, 2.24) is 14.6 Å². The summed E-state index contributed by atoms with van der Waals surface area (Å²) >= 11 is 0. The smallest absolute Gasteiger partial charge is 0.152 e. The Morgan fingerprint density at radius 2 is 1.96 bits per heavy atom. The highest BCUT2D eigenvalue weighted by molar-refractivity contribution is 5.67. The molecule has 1 atom stereocenters. The number of aryl methyl sites for hydroxylation is 1. The maximum Gasteiger partial charge on any atom is 0.152 e. The zero-order chi connectivity index (χ0) is 16.2. The second-order valence-corrected chi connectivity index (χ2v) is 5.38. The van der Waals surface area contributed by atoms with E-state index in [1.54, 1.807) is 13.3 Å². The molecule has 1 aromatic carbocycles. The molecule has 23 heavy (non-hydrogen) atoms. The molecule has 3 rings (SSSR count). The molecule has 0 aliphatic carbocycles. The lowest BCUT2D eigenvalue weighted by Gasteiger charge is -2.16. The standard InChI is InChI=1S/C17H20N4O2/c1-12-10-16-17(18-8-9-21(16)20-12)19-11-13(2)23-15-6-4-14(22-3)5-7-15/h4-10,13H,11H2,1-3H3,(H,18,19). The third kappa shape index (κ3) is 3.53. The maximum absolute atomic E-state index is 5.88. The molecule has 2 heterocycles. The van der Waals surface area contributed by atoms with Gasteiger partial charge in [0.15, 0.2) is 5.82 Å². The summed E-state index contributed by atoms with van der Waals surface area (Å²) in [6, 6.07) is 9.56. The minimum atomic E-state index is -0.00512. The second-order valence-electron chi connectivity index (χ2n) is 5.38. The average molecular weight is 312 g/mol. The zero-order valence-electron chi connectivity index (χ0n) is 13.5. The van der Waals surface area contributed by atoms with Gasteiger partial charge in [-0.3, -0.25) is 0 Å². The van der Waals surface area contributed by atoms with E-state index >= 15 is 0 Å². The quantitative estimate of drug-likeness (QED) is 0.758. The average Bonchev–Trinajstić information content (AvgIpc) is 2.94. The lowest BCUT2D eigenvalue weighted by Crippen LogP contribution is -2.23. The van der Waals surface area contributed by atoms with Crippen molar-refractivity contribution in [1.29, 1.82) is 0 Å². The van der Waals surface area contributed by atoms with Crippen molar-refractivity contribution in [2.75, 3.05) is 19.0 Å². The van der Waals surface area contributed by atoms with E-state index < -0.39 is 0 Å². The summed E-state index contributed by atoms with van der Waals surface area (Å²) in [4.78, 5) is 4.38. The van der Waals surface area contributed by atoms with Crippen molar-refractivity contribution in [3.05, 3.63) is 48.4 Å². The van der Waals surface area contributed by atoms with Crippen molar-refractivity contribution >= 4 is 11.3 Å². The van der Waals surface area contributed by atoms with Gasteiger partial charge in [-0.1, -0.05) is 0 Å². The largest absolute Gasteiger partial charge is 0.497 e. The van der Waals surface area contributed by atoms with Crippen LogP contribution in [0.1, 0.15) is 12.6 Å². The molecule has 3 aromatic rings. The number of anilines is 1. The van der Waals surface area contributed by atoms with E-state index in [9.17, 15) is 0 Å². The minimum absolute atomic E-state index is 0.00512. The maximum atomic E-state index is 5.88. The predicted molar refractivity (Wildman–Crippen MR) is 89.3 cm³/mol. The number of fused-ring (bicyclic) bond motifs is 1. The lowest BCUT2D eigenvalue weighted by molar-refractivity contribution is 0.234. The highest BCUT2D eigenvalue weighted by Crippen LogP contribution is 2.19. The van der Waals surface area contributed by atoms with Crippen LogP contribution in [0.25, 0.3) is 5.52 Å². The van der Waals surface area contributed by atoms with Crippen LogP contribution in [0.5, 0.6) is 11.5 Å². The molecule has 0 radical (unpaired) electrons. The van der Waals surface area contributed by atoms with E-state index in [-0.39, 0.29) is 6.10 Å². The molecule has 0 fully saturated rings. The molecule has 120 valence electrons. The number of methoxy groups -OCH3 is 1. The summed E-state index contributed by atoms with van der Waals surface area (Å²) in [6.07, 6.45) is 3.57. The number of aromatic nitrogens is 3. The number of nitrogens with one attached hydrogen (secondary N) is 1. The SMILES string of the molecule is COc1ccc(OC(C)CNc2nccn3nc(C)cc23)cc1. The molecule has 0 saturated carbocycles. The molecule has 0 bridgehead atoms. The summed E-state index contributed by atoms with van der Waals surface area (Å²) in [5.41, 5.74) is 1.92. The molecule has 0 aliphatic heterocycles. The monoisotopic (exact) mass is 312 g/mol. The third-order valence-corrected chi connectivity index (χ3v) is 3.47. The van der Waals surface area contributed by atoms with Crippen LogP contribution < -0.4 is 14.8 Å². The normalized spacial score (nSPS) is 12.1.